The lowest BCUT2D eigenvalue weighted by molar-refractivity contribution is -0.0368. The Bertz CT molecular complexity index is 1030. The summed E-state index contributed by atoms with van der Waals surface area (Å²) in [5, 5.41) is 5.84. The first-order chi connectivity index (χ1) is 13.7. The number of hydrogen-bond donors (Lipinski definition) is 0. The van der Waals surface area contributed by atoms with E-state index in [1.807, 2.05) is 35.0 Å². The molecular formula is C20H19BrN4O3. The summed E-state index contributed by atoms with van der Waals surface area (Å²) in [6, 6.07) is 9.85. The number of benzene rings is 1. The molecule has 2 aliphatic rings. The number of rotatable bonds is 3. The van der Waals surface area contributed by atoms with E-state index in [0.717, 1.165) is 58.3 Å². The third-order valence-electron chi connectivity index (χ3n) is 5.15. The first-order valence-electron chi connectivity index (χ1n) is 9.41. The van der Waals surface area contributed by atoms with Crippen LogP contribution >= 0.6 is 15.9 Å². The lowest BCUT2D eigenvalue weighted by atomic mass is 10.1. The molecule has 0 saturated carbocycles. The molecule has 2 saturated heterocycles. The second kappa shape index (κ2) is 7.18. The zero-order valence-corrected chi connectivity index (χ0v) is 16.8. The monoisotopic (exact) mass is 442 g/mol. The van der Waals surface area contributed by atoms with Crippen LogP contribution in [0.4, 0.5) is 10.5 Å². The van der Waals surface area contributed by atoms with Crippen molar-refractivity contribution < 1.29 is 14.3 Å². The molecule has 0 N–H and O–H groups in total. The van der Waals surface area contributed by atoms with E-state index in [1.165, 1.54) is 0 Å². The van der Waals surface area contributed by atoms with Crippen molar-refractivity contribution in [3.8, 4) is 11.3 Å². The summed E-state index contributed by atoms with van der Waals surface area (Å²) in [4.78, 5) is 18.0. The standard InChI is InChI=1S/C20H19BrN4O3/c21-14-11-16-18(13-4-6-15(7-5-13)24-8-10-28-20(24)26)23-25(19(16)22-12-14)17-3-1-2-9-27-17/h4-7,11-12,17H,1-3,8-10H2. The molecule has 1 atom stereocenters. The Morgan fingerprint density at radius 2 is 2.00 bits per heavy atom. The number of pyridine rings is 1. The second-order valence-electron chi connectivity index (χ2n) is 6.95. The van der Waals surface area contributed by atoms with Gasteiger partial charge >= 0.3 is 6.09 Å². The van der Waals surface area contributed by atoms with Crippen LogP contribution in [0.1, 0.15) is 25.5 Å². The fourth-order valence-corrected chi connectivity index (χ4v) is 4.09. The van der Waals surface area contributed by atoms with Gasteiger partial charge in [-0.1, -0.05) is 12.1 Å². The van der Waals surface area contributed by atoms with Crippen molar-refractivity contribution in [3.05, 3.63) is 41.0 Å². The van der Waals surface area contributed by atoms with Crippen LogP contribution in [0.15, 0.2) is 41.0 Å². The lowest BCUT2D eigenvalue weighted by Gasteiger charge is -2.23. The van der Waals surface area contributed by atoms with E-state index in [9.17, 15) is 4.79 Å². The van der Waals surface area contributed by atoms with Gasteiger partial charge in [0.15, 0.2) is 11.9 Å². The van der Waals surface area contributed by atoms with Crippen LogP contribution in [0, 0.1) is 0 Å². The topological polar surface area (TPSA) is 69.5 Å². The molecule has 2 aliphatic heterocycles. The minimum atomic E-state index is -0.301. The number of halogens is 1. The average Bonchev–Trinajstić information content (AvgIpc) is 3.32. The molecule has 4 heterocycles. The maximum absolute atomic E-state index is 11.8. The summed E-state index contributed by atoms with van der Waals surface area (Å²) in [5.41, 5.74) is 3.46. The van der Waals surface area contributed by atoms with Gasteiger partial charge in [-0.05, 0) is 53.4 Å². The minimum Gasteiger partial charge on any atom is -0.447 e. The zero-order chi connectivity index (χ0) is 19.1. The molecule has 1 aromatic carbocycles. The number of hydrogen-bond acceptors (Lipinski definition) is 5. The minimum absolute atomic E-state index is 0.0858. The first kappa shape index (κ1) is 17.6. The van der Waals surface area contributed by atoms with Crippen molar-refractivity contribution in [2.24, 2.45) is 0 Å². The first-order valence-corrected chi connectivity index (χ1v) is 10.2. The number of aromatic nitrogens is 3. The molecule has 7 nitrogen and oxygen atoms in total. The van der Waals surface area contributed by atoms with E-state index >= 15 is 0 Å². The number of nitrogens with zero attached hydrogens (tertiary/aromatic N) is 4. The summed E-state index contributed by atoms with van der Waals surface area (Å²) in [6.07, 6.45) is 4.54. The van der Waals surface area contributed by atoms with E-state index < -0.39 is 0 Å². The van der Waals surface area contributed by atoms with E-state index in [1.54, 1.807) is 11.1 Å². The van der Waals surface area contributed by atoms with Crippen LogP contribution < -0.4 is 4.90 Å². The van der Waals surface area contributed by atoms with Crippen LogP contribution in [-0.4, -0.2) is 40.6 Å². The number of ether oxygens (including phenoxy) is 2. The highest BCUT2D eigenvalue weighted by molar-refractivity contribution is 9.10. The molecule has 0 bridgehead atoms. The van der Waals surface area contributed by atoms with Gasteiger partial charge in [-0.25, -0.2) is 14.5 Å². The number of anilines is 1. The number of carbonyl (C=O) groups excluding carboxylic acids is 1. The third-order valence-corrected chi connectivity index (χ3v) is 5.59. The van der Waals surface area contributed by atoms with Gasteiger partial charge in [0.25, 0.3) is 0 Å². The predicted molar refractivity (Wildman–Crippen MR) is 108 cm³/mol. The van der Waals surface area contributed by atoms with E-state index in [2.05, 4.69) is 20.9 Å². The number of fused-ring (bicyclic) bond motifs is 1. The molecule has 5 rings (SSSR count). The van der Waals surface area contributed by atoms with Crippen LogP contribution in [0.5, 0.6) is 0 Å². The van der Waals surface area contributed by atoms with Gasteiger partial charge in [0, 0.05) is 33.9 Å². The van der Waals surface area contributed by atoms with Crippen molar-refractivity contribution in [3.63, 3.8) is 0 Å². The Balaban J connectivity index is 1.56. The smallest absolute Gasteiger partial charge is 0.414 e. The van der Waals surface area contributed by atoms with Crippen molar-refractivity contribution in [1.29, 1.82) is 0 Å². The molecule has 3 aromatic rings. The maximum atomic E-state index is 11.8. The molecule has 2 fully saturated rings. The van der Waals surface area contributed by atoms with Gasteiger partial charge in [-0.2, -0.15) is 5.10 Å². The van der Waals surface area contributed by atoms with Gasteiger partial charge in [-0.15, -0.1) is 0 Å². The third kappa shape index (κ3) is 3.06. The highest BCUT2D eigenvalue weighted by atomic mass is 79.9. The van der Waals surface area contributed by atoms with E-state index in [-0.39, 0.29) is 12.3 Å². The van der Waals surface area contributed by atoms with Gasteiger partial charge in [0.2, 0.25) is 0 Å². The SMILES string of the molecule is O=C1OCCN1c1ccc(-c2nn(C3CCCCO3)c3ncc(Br)cc23)cc1. The van der Waals surface area contributed by atoms with Crippen molar-refractivity contribution in [1.82, 2.24) is 14.8 Å². The molecule has 0 aliphatic carbocycles. The Morgan fingerprint density at radius 3 is 2.71 bits per heavy atom. The summed E-state index contributed by atoms with van der Waals surface area (Å²) in [5.74, 6) is 0. The van der Waals surface area contributed by atoms with Gasteiger partial charge in [0.05, 0.1) is 6.54 Å². The van der Waals surface area contributed by atoms with Crippen molar-refractivity contribution in [2.75, 3.05) is 24.7 Å². The van der Waals surface area contributed by atoms with Crippen molar-refractivity contribution in [2.45, 2.75) is 25.5 Å². The molecule has 1 unspecified atom stereocenters. The fraction of sp³-hybridized carbons (Fsp3) is 0.350. The Labute approximate surface area is 170 Å². The van der Waals surface area contributed by atoms with Crippen LogP contribution in [-0.2, 0) is 9.47 Å². The van der Waals surface area contributed by atoms with Gasteiger partial charge < -0.3 is 9.47 Å². The Hall–Kier alpha value is -2.45. The molecule has 8 heteroatoms. The summed E-state index contributed by atoms with van der Waals surface area (Å²) in [6.45, 7) is 1.75. The molecule has 0 radical (unpaired) electrons. The van der Waals surface area contributed by atoms with Crippen LogP contribution in [0.3, 0.4) is 0 Å². The highest BCUT2D eigenvalue weighted by Gasteiger charge is 2.25. The molecule has 2 aromatic heterocycles. The average molecular weight is 443 g/mol. The van der Waals surface area contributed by atoms with Gasteiger partial charge in [0.1, 0.15) is 12.3 Å². The van der Waals surface area contributed by atoms with Crippen LogP contribution in [0.2, 0.25) is 0 Å². The van der Waals surface area contributed by atoms with E-state index in [4.69, 9.17) is 14.6 Å². The second-order valence-corrected chi connectivity index (χ2v) is 7.87. The summed E-state index contributed by atoms with van der Waals surface area (Å²) < 4.78 is 13.8. The number of cyclic esters (lactones) is 1. The van der Waals surface area contributed by atoms with E-state index in [0.29, 0.717) is 13.2 Å². The lowest BCUT2D eigenvalue weighted by Crippen LogP contribution is -2.23. The number of carbonyl (C=O) groups is 1. The normalized spacial score (nSPS) is 20.0. The van der Waals surface area contributed by atoms with Gasteiger partial charge in [-0.3, -0.25) is 4.90 Å². The number of amides is 1. The quantitative estimate of drug-likeness (QED) is 0.596. The predicted octanol–water partition coefficient (Wildman–Crippen LogP) is 4.52. The summed E-state index contributed by atoms with van der Waals surface area (Å²) >= 11 is 3.52. The molecule has 0 spiro atoms. The molecule has 28 heavy (non-hydrogen) atoms. The Kier molecular flexibility index (Phi) is 4.52. The van der Waals surface area contributed by atoms with Crippen molar-refractivity contribution >= 4 is 38.7 Å². The van der Waals surface area contributed by atoms with Crippen LogP contribution in [0.25, 0.3) is 22.3 Å². The highest BCUT2D eigenvalue weighted by Crippen LogP contribution is 2.34. The zero-order valence-electron chi connectivity index (χ0n) is 15.2. The Morgan fingerprint density at radius 1 is 1.14 bits per heavy atom. The summed E-state index contributed by atoms with van der Waals surface area (Å²) in [7, 11) is 0. The maximum Gasteiger partial charge on any atom is 0.414 e. The molecule has 144 valence electrons. The largest absolute Gasteiger partial charge is 0.447 e. The molecule has 1 amide bonds. The fourth-order valence-electron chi connectivity index (χ4n) is 3.76. The molecular weight excluding hydrogens is 424 g/mol.